The number of amides is 1. The molecule has 0 aromatic carbocycles. The molecule has 1 heterocycles. The van der Waals surface area contributed by atoms with Crippen LogP contribution in [0.1, 0.15) is 53.9 Å². The number of ether oxygens (including phenoxy) is 1. The maximum Gasteiger partial charge on any atom is 0.407 e. The fourth-order valence-electron chi connectivity index (χ4n) is 2.83. The molecule has 4 nitrogen and oxygen atoms in total. The normalized spacial score (nSPS) is 26.3. The molecule has 2 aliphatic rings. The Labute approximate surface area is 139 Å². The Kier molecular flexibility index (Phi) is 5.70. The van der Waals surface area contributed by atoms with Crippen molar-refractivity contribution in [2.45, 2.75) is 71.6 Å². The maximum absolute atomic E-state index is 12.0. The van der Waals surface area contributed by atoms with Gasteiger partial charge in [-0.15, -0.1) is 0 Å². The highest BCUT2D eigenvalue weighted by atomic mass is 32.2. The van der Waals surface area contributed by atoms with Crippen LogP contribution < -0.4 is 10.6 Å². The summed E-state index contributed by atoms with van der Waals surface area (Å²) >= 11 is 2.03. The summed E-state index contributed by atoms with van der Waals surface area (Å²) in [4.78, 5) is 12.0. The molecule has 2 fully saturated rings. The number of carbonyl (C=O) groups is 1. The average molecular weight is 329 g/mol. The minimum Gasteiger partial charge on any atom is -0.444 e. The van der Waals surface area contributed by atoms with E-state index in [1.54, 1.807) is 0 Å². The molecule has 5 heteroatoms. The highest BCUT2D eigenvalue weighted by Crippen LogP contribution is 2.35. The molecule has 128 valence electrons. The Morgan fingerprint density at radius 2 is 2.05 bits per heavy atom. The van der Waals surface area contributed by atoms with Crippen molar-refractivity contribution in [3.8, 4) is 0 Å². The highest BCUT2D eigenvalue weighted by molar-refractivity contribution is 7.99. The van der Waals surface area contributed by atoms with Crippen LogP contribution in [0.3, 0.4) is 0 Å². The number of carbonyl (C=O) groups excluding carboxylic acids is 1. The summed E-state index contributed by atoms with van der Waals surface area (Å²) < 4.78 is 5.40. The van der Waals surface area contributed by atoms with Crippen LogP contribution in [0, 0.1) is 11.3 Å². The van der Waals surface area contributed by atoms with E-state index in [9.17, 15) is 4.79 Å². The highest BCUT2D eigenvalue weighted by Gasteiger charge is 2.36. The summed E-state index contributed by atoms with van der Waals surface area (Å²) in [5.74, 6) is 3.03. The van der Waals surface area contributed by atoms with E-state index in [2.05, 4.69) is 24.5 Å². The number of thioether (sulfide) groups is 1. The van der Waals surface area contributed by atoms with E-state index in [1.807, 2.05) is 32.5 Å². The van der Waals surface area contributed by atoms with E-state index >= 15 is 0 Å². The predicted octanol–water partition coefficient (Wildman–Crippen LogP) is 3.41. The lowest BCUT2D eigenvalue weighted by molar-refractivity contribution is 0.0495. The van der Waals surface area contributed by atoms with Crippen molar-refractivity contribution in [2.75, 3.05) is 18.1 Å². The Hall–Kier alpha value is -0.420. The average Bonchev–Trinajstić information content (AvgIpc) is 3.17. The van der Waals surface area contributed by atoms with Gasteiger partial charge in [0.1, 0.15) is 5.60 Å². The molecule has 1 aliphatic heterocycles. The van der Waals surface area contributed by atoms with Gasteiger partial charge in [0.25, 0.3) is 0 Å². The number of hydrogen-bond donors (Lipinski definition) is 2. The van der Waals surface area contributed by atoms with Crippen LogP contribution in [0.15, 0.2) is 0 Å². The third-order valence-corrected chi connectivity index (χ3v) is 5.66. The standard InChI is InChI=1S/C17H32N2O2S/c1-16(2,3)21-15(20)19-13(12-6-7-12)10-18-14-11-22-9-8-17(14,4)5/h12-14,18H,6-11H2,1-5H3,(H,19,20). The second-order valence-corrected chi connectivity index (χ2v) is 9.51. The monoisotopic (exact) mass is 328 g/mol. The van der Waals surface area contributed by atoms with E-state index in [0.717, 1.165) is 12.3 Å². The summed E-state index contributed by atoms with van der Waals surface area (Å²) in [5.41, 5.74) is -0.0983. The van der Waals surface area contributed by atoms with Gasteiger partial charge in [-0.3, -0.25) is 0 Å². The maximum atomic E-state index is 12.0. The molecule has 2 N–H and O–H groups in total. The molecular weight excluding hydrogens is 296 g/mol. The fourth-order valence-corrected chi connectivity index (χ4v) is 4.48. The van der Waals surface area contributed by atoms with Crippen LogP contribution >= 0.6 is 11.8 Å². The molecule has 1 aliphatic carbocycles. The zero-order chi connectivity index (χ0) is 16.4. The molecule has 1 amide bonds. The zero-order valence-electron chi connectivity index (χ0n) is 14.7. The first-order valence-corrected chi connectivity index (χ1v) is 9.63. The van der Waals surface area contributed by atoms with Gasteiger partial charge >= 0.3 is 6.09 Å². The Bertz CT molecular complexity index is 389. The number of nitrogens with one attached hydrogen (secondary N) is 2. The Morgan fingerprint density at radius 1 is 1.36 bits per heavy atom. The third-order valence-electron chi connectivity index (χ3n) is 4.60. The quantitative estimate of drug-likeness (QED) is 0.812. The van der Waals surface area contributed by atoms with Gasteiger partial charge in [0.05, 0.1) is 0 Å². The summed E-state index contributed by atoms with van der Waals surface area (Å²) in [6.45, 7) is 11.2. The summed E-state index contributed by atoms with van der Waals surface area (Å²) in [6, 6.07) is 0.713. The lowest BCUT2D eigenvalue weighted by Gasteiger charge is -2.39. The van der Waals surface area contributed by atoms with Gasteiger partial charge in [0.2, 0.25) is 0 Å². The first-order chi connectivity index (χ1) is 10.2. The molecule has 2 unspecified atom stereocenters. The van der Waals surface area contributed by atoms with E-state index in [0.29, 0.717) is 17.4 Å². The molecule has 0 aromatic rings. The van der Waals surface area contributed by atoms with Crippen LogP contribution in [-0.2, 0) is 4.74 Å². The van der Waals surface area contributed by atoms with Crippen molar-refractivity contribution in [1.82, 2.24) is 10.6 Å². The van der Waals surface area contributed by atoms with Gasteiger partial charge in [-0.1, -0.05) is 13.8 Å². The molecule has 22 heavy (non-hydrogen) atoms. The molecule has 0 bridgehead atoms. The minimum atomic E-state index is -0.437. The van der Waals surface area contributed by atoms with Crippen molar-refractivity contribution in [2.24, 2.45) is 11.3 Å². The molecule has 1 saturated carbocycles. The first-order valence-electron chi connectivity index (χ1n) is 8.48. The second-order valence-electron chi connectivity index (χ2n) is 8.36. The van der Waals surface area contributed by atoms with Gasteiger partial charge in [-0.05, 0) is 57.1 Å². The van der Waals surface area contributed by atoms with Crippen molar-refractivity contribution in [3.05, 3.63) is 0 Å². The predicted molar refractivity (Wildman–Crippen MR) is 93.4 cm³/mol. The molecule has 0 spiro atoms. The lowest BCUT2D eigenvalue weighted by atomic mass is 9.82. The smallest absolute Gasteiger partial charge is 0.407 e. The second kappa shape index (κ2) is 7.00. The van der Waals surface area contributed by atoms with Crippen LogP contribution in [0.2, 0.25) is 0 Å². The minimum absolute atomic E-state index is 0.192. The molecule has 1 saturated heterocycles. The van der Waals surface area contributed by atoms with Crippen LogP contribution in [-0.4, -0.2) is 41.8 Å². The molecule has 0 aromatic heterocycles. The first kappa shape index (κ1) is 17.9. The number of alkyl carbamates (subject to hydrolysis) is 1. The fraction of sp³-hybridized carbons (Fsp3) is 0.941. The summed E-state index contributed by atoms with van der Waals surface area (Å²) in [6.07, 6.45) is 3.39. The molecule has 2 rings (SSSR count). The zero-order valence-corrected chi connectivity index (χ0v) is 15.5. The van der Waals surface area contributed by atoms with Crippen molar-refractivity contribution in [3.63, 3.8) is 0 Å². The van der Waals surface area contributed by atoms with E-state index in [-0.39, 0.29) is 12.1 Å². The lowest BCUT2D eigenvalue weighted by Crippen LogP contribution is -2.52. The molecular formula is C17H32N2O2S. The molecule has 2 atom stereocenters. The summed E-state index contributed by atoms with van der Waals surface area (Å²) in [5, 5.41) is 6.78. The van der Waals surface area contributed by atoms with Crippen LogP contribution in [0.4, 0.5) is 4.79 Å². The van der Waals surface area contributed by atoms with Crippen molar-refractivity contribution >= 4 is 17.9 Å². The largest absolute Gasteiger partial charge is 0.444 e. The van der Waals surface area contributed by atoms with Gasteiger partial charge in [-0.2, -0.15) is 11.8 Å². The van der Waals surface area contributed by atoms with Crippen molar-refractivity contribution < 1.29 is 9.53 Å². The van der Waals surface area contributed by atoms with Gasteiger partial charge in [0, 0.05) is 24.4 Å². The number of rotatable bonds is 5. The Morgan fingerprint density at radius 3 is 2.59 bits per heavy atom. The Balaban J connectivity index is 1.83. The van der Waals surface area contributed by atoms with Gasteiger partial charge in [0.15, 0.2) is 0 Å². The van der Waals surface area contributed by atoms with Crippen molar-refractivity contribution in [1.29, 1.82) is 0 Å². The number of hydrogen-bond acceptors (Lipinski definition) is 4. The summed E-state index contributed by atoms with van der Waals surface area (Å²) in [7, 11) is 0. The van der Waals surface area contributed by atoms with E-state index < -0.39 is 5.60 Å². The SMILES string of the molecule is CC(C)(C)OC(=O)NC(CNC1CSCCC1(C)C)C1CC1. The molecule has 0 radical (unpaired) electrons. The van der Waals surface area contributed by atoms with Crippen LogP contribution in [0.25, 0.3) is 0 Å². The van der Waals surface area contributed by atoms with E-state index in [1.165, 1.54) is 25.0 Å². The van der Waals surface area contributed by atoms with E-state index in [4.69, 9.17) is 4.74 Å². The van der Waals surface area contributed by atoms with Crippen LogP contribution in [0.5, 0.6) is 0 Å². The van der Waals surface area contributed by atoms with Gasteiger partial charge < -0.3 is 15.4 Å². The van der Waals surface area contributed by atoms with Gasteiger partial charge in [-0.25, -0.2) is 4.79 Å². The topological polar surface area (TPSA) is 50.4 Å². The third kappa shape index (κ3) is 5.65.